The van der Waals surface area contributed by atoms with Crippen molar-refractivity contribution in [2.45, 2.75) is 51.5 Å². The second-order valence-corrected chi connectivity index (χ2v) is 9.68. The van der Waals surface area contributed by atoms with E-state index in [1.54, 1.807) is 30.3 Å². The molecule has 140 valence electrons. The molecule has 0 spiro atoms. The maximum Gasteiger partial charge on any atom is 0.243 e. The Hall–Kier alpha value is -1.90. The summed E-state index contributed by atoms with van der Waals surface area (Å²) in [5, 5.41) is 10.0. The van der Waals surface area contributed by atoms with E-state index in [1.807, 2.05) is 27.7 Å². The van der Waals surface area contributed by atoms with Gasteiger partial charge in [0, 0.05) is 6.54 Å². The van der Waals surface area contributed by atoms with Crippen LogP contribution in [0.1, 0.15) is 39.2 Å². The monoisotopic (exact) mass is 372 g/mol. The van der Waals surface area contributed by atoms with Crippen LogP contribution in [0.2, 0.25) is 0 Å². The van der Waals surface area contributed by atoms with Crippen molar-refractivity contribution in [2.75, 3.05) is 6.54 Å². The van der Waals surface area contributed by atoms with E-state index < -0.39 is 26.9 Å². The highest BCUT2D eigenvalue weighted by molar-refractivity contribution is 7.89. The fourth-order valence-electron chi connectivity index (χ4n) is 4.13. The summed E-state index contributed by atoms with van der Waals surface area (Å²) in [6, 6.07) is 8.75. The summed E-state index contributed by atoms with van der Waals surface area (Å²) in [6.45, 7) is 15.9. The maximum atomic E-state index is 13.4. The molecule has 0 saturated carbocycles. The molecule has 0 aromatic heterocycles. The highest BCUT2D eigenvalue weighted by Crippen LogP contribution is 2.52. The second-order valence-electron chi connectivity index (χ2n) is 7.79. The first kappa shape index (κ1) is 20.4. The van der Waals surface area contributed by atoms with Crippen LogP contribution in [0.15, 0.2) is 54.0 Å². The molecule has 0 bridgehead atoms. The van der Waals surface area contributed by atoms with Crippen LogP contribution in [-0.4, -0.2) is 25.3 Å². The molecule has 1 aliphatic heterocycles. The predicted molar refractivity (Wildman–Crippen MR) is 105 cm³/mol. The molecule has 2 atom stereocenters. The smallest absolute Gasteiger partial charge is 0.207 e. The van der Waals surface area contributed by atoms with Crippen LogP contribution in [0.4, 0.5) is 0 Å². The summed E-state index contributed by atoms with van der Waals surface area (Å²) in [5.41, 5.74) is 0.313. The number of hydrogen-bond acceptors (Lipinski definition) is 3. The van der Waals surface area contributed by atoms with Crippen molar-refractivity contribution in [3.05, 3.63) is 54.6 Å². The largest absolute Gasteiger partial charge is 0.243 e. The van der Waals surface area contributed by atoms with E-state index >= 15 is 0 Å². The Balaban J connectivity index is 2.66. The molecule has 1 heterocycles. The van der Waals surface area contributed by atoms with Crippen LogP contribution in [0.25, 0.3) is 0 Å². The Bertz CT molecular complexity index is 847. The minimum Gasteiger partial charge on any atom is -0.207 e. The number of hydrogen-bond donors (Lipinski definition) is 0. The lowest BCUT2D eigenvalue weighted by atomic mass is 9.65. The molecule has 2 rings (SSSR count). The molecule has 1 saturated heterocycles. The van der Waals surface area contributed by atoms with Crippen molar-refractivity contribution < 1.29 is 8.42 Å². The Labute approximate surface area is 157 Å². The van der Waals surface area contributed by atoms with Gasteiger partial charge in [-0.1, -0.05) is 51.1 Å². The molecule has 0 radical (unpaired) electrons. The third-order valence-electron chi connectivity index (χ3n) is 5.53. The molecule has 1 aliphatic rings. The Morgan fingerprint density at radius 1 is 1.38 bits per heavy atom. The van der Waals surface area contributed by atoms with Gasteiger partial charge in [0.05, 0.1) is 22.4 Å². The second kappa shape index (κ2) is 7.02. The molecule has 0 aliphatic carbocycles. The molecule has 0 N–H and O–H groups in total. The van der Waals surface area contributed by atoms with Gasteiger partial charge < -0.3 is 0 Å². The van der Waals surface area contributed by atoms with Gasteiger partial charge in [0.1, 0.15) is 0 Å². The molecule has 0 unspecified atom stereocenters. The first-order chi connectivity index (χ1) is 12.1. The first-order valence-electron chi connectivity index (χ1n) is 8.85. The van der Waals surface area contributed by atoms with E-state index in [4.69, 9.17) is 0 Å². The number of rotatable bonds is 6. The molecular formula is C21H28N2O2S. The SMILES string of the molecule is C=CCC(C)(C)[C@@H]1N(S(=O)(=O)c2ccc(C)cc2)CC(=C)[C@@]1(C#N)CC. The molecule has 1 aromatic carbocycles. The lowest BCUT2D eigenvalue weighted by Gasteiger charge is -2.43. The minimum atomic E-state index is -3.74. The summed E-state index contributed by atoms with van der Waals surface area (Å²) in [7, 11) is -3.74. The van der Waals surface area contributed by atoms with Crippen LogP contribution in [0, 0.1) is 29.1 Å². The van der Waals surface area contributed by atoms with Crippen molar-refractivity contribution >= 4 is 10.0 Å². The maximum absolute atomic E-state index is 13.4. The number of benzene rings is 1. The molecule has 26 heavy (non-hydrogen) atoms. The molecule has 1 fully saturated rings. The average Bonchev–Trinajstić information content (AvgIpc) is 2.89. The van der Waals surface area contributed by atoms with Crippen molar-refractivity contribution in [2.24, 2.45) is 10.8 Å². The number of aryl methyl sites for hydroxylation is 1. The number of nitriles is 1. The van der Waals surface area contributed by atoms with Crippen molar-refractivity contribution in [1.29, 1.82) is 5.26 Å². The molecule has 4 nitrogen and oxygen atoms in total. The van der Waals surface area contributed by atoms with Gasteiger partial charge in [0.2, 0.25) is 10.0 Å². The van der Waals surface area contributed by atoms with E-state index in [0.29, 0.717) is 18.4 Å². The van der Waals surface area contributed by atoms with Crippen LogP contribution < -0.4 is 0 Å². The third kappa shape index (κ3) is 3.13. The normalized spacial score (nSPS) is 24.4. The van der Waals surface area contributed by atoms with Crippen LogP contribution in [0.5, 0.6) is 0 Å². The van der Waals surface area contributed by atoms with Gasteiger partial charge in [-0.3, -0.25) is 0 Å². The first-order valence-corrected chi connectivity index (χ1v) is 10.3. The van der Waals surface area contributed by atoms with Gasteiger partial charge in [-0.05, 0) is 42.9 Å². The fraction of sp³-hybridized carbons (Fsp3) is 0.476. The number of allylic oxidation sites excluding steroid dienone is 1. The fourth-order valence-corrected chi connectivity index (χ4v) is 5.95. The van der Waals surface area contributed by atoms with Gasteiger partial charge in [-0.25, -0.2) is 8.42 Å². The van der Waals surface area contributed by atoms with E-state index in [9.17, 15) is 13.7 Å². The van der Waals surface area contributed by atoms with E-state index in [1.165, 1.54) is 4.31 Å². The summed E-state index contributed by atoms with van der Waals surface area (Å²) in [6.07, 6.45) is 2.91. The van der Waals surface area contributed by atoms with Gasteiger partial charge in [0.15, 0.2) is 0 Å². The molecule has 5 heteroatoms. The lowest BCUT2D eigenvalue weighted by molar-refractivity contribution is 0.127. The van der Waals surface area contributed by atoms with Crippen LogP contribution in [0.3, 0.4) is 0 Å². The summed E-state index contributed by atoms with van der Waals surface area (Å²) >= 11 is 0. The topological polar surface area (TPSA) is 61.2 Å². The molecular weight excluding hydrogens is 344 g/mol. The summed E-state index contributed by atoms with van der Waals surface area (Å²) < 4.78 is 28.3. The zero-order valence-electron chi connectivity index (χ0n) is 16.1. The summed E-state index contributed by atoms with van der Waals surface area (Å²) in [4.78, 5) is 0.250. The van der Waals surface area contributed by atoms with E-state index in [-0.39, 0.29) is 11.4 Å². The summed E-state index contributed by atoms with van der Waals surface area (Å²) in [5.74, 6) is 0. The Morgan fingerprint density at radius 2 is 1.96 bits per heavy atom. The average molecular weight is 373 g/mol. The van der Waals surface area contributed by atoms with E-state index in [2.05, 4.69) is 19.2 Å². The highest BCUT2D eigenvalue weighted by Gasteiger charge is 2.58. The van der Waals surface area contributed by atoms with Gasteiger partial charge in [-0.2, -0.15) is 9.57 Å². The van der Waals surface area contributed by atoms with Crippen molar-refractivity contribution in [3.8, 4) is 6.07 Å². The lowest BCUT2D eigenvalue weighted by Crippen LogP contribution is -2.51. The van der Waals surface area contributed by atoms with Gasteiger partial charge in [0.25, 0.3) is 0 Å². The van der Waals surface area contributed by atoms with Crippen molar-refractivity contribution in [3.63, 3.8) is 0 Å². The highest BCUT2D eigenvalue weighted by atomic mass is 32.2. The molecule has 1 aromatic rings. The Kier molecular flexibility index (Phi) is 5.51. The molecule has 0 amide bonds. The Morgan fingerprint density at radius 3 is 2.42 bits per heavy atom. The predicted octanol–water partition coefficient (Wildman–Crippen LogP) is 4.45. The quantitative estimate of drug-likeness (QED) is 0.693. The van der Waals surface area contributed by atoms with Gasteiger partial charge in [-0.15, -0.1) is 6.58 Å². The number of nitrogens with zero attached hydrogens (tertiary/aromatic N) is 2. The zero-order chi connectivity index (χ0) is 19.8. The third-order valence-corrected chi connectivity index (χ3v) is 7.35. The number of sulfonamides is 1. The minimum absolute atomic E-state index is 0.169. The zero-order valence-corrected chi connectivity index (χ0v) is 16.9. The van der Waals surface area contributed by atoms with Crippen LogP contribution in [-0.2, 0) is 10.0 Å². The standard InChI is InChI=1S/C21H28N2O2S/c1-7-13-20(5,6)19-21(8-2,15-22)17(4)14-23(19)26(24,25)18-11-9-16(3)10-12-18/h7,9-12,19H,1,4,8,13-14H2,2-3,5-6H3/t19-,21-/m0/s1. The van der Waals surface area contributed by atoms with Crippen LogP contribution >= 0.6 is 0 Å². The van der Waals surface area contributed by atoms with Gasteiger partial charge >= 0.3 is 0 Å². The van der Waals surface area contributed by atoms with Crippen molar-refractivity contribution in [1.82, 2.24) is 4.31 Å². The van der Waals surface area contributed by atoms with E-state index in [0.717, 1.165) is 5.56 Å².